The fourth-order valence-corrected chi connectivity index (χ4v) is 2.99. The maximum Gasteiger partial charge on any atom is 0.261 e. The van der Waals surface area contributed by atoms with E-state index in [9.17, 15) is 9.59 Å². The number of hydrogen-bond acceptors (Lipinski definition) is 3. The third kappa shape index (κ3) is 4.59. The molecule has 0 aliphatic carbocycles. The summed E-state index contributed by atoms with van der Waals surface area (Å²) in [5.41, 5.74) is 1.04. The van der Waals surface area contributed by atoms with Crippen LogP contribution in [0.1, 0.15) is 18.4 Å². The molecule has 2 aromatic carbocycles. The molecule has 25 heavy (non-hydrogen) atoms. The number of rotatable bonds is 6. The molecule has 1 heterocycles. The minimum absolute atomic E-state index is 0.0491. The number of benzene rings is 2. The third-order valence-electron chi connectivity index (χ3n) is 4.29. The zero-order valence-corrected chi connectivity index (χ0v) is 14.1. The Morgan fingerprint density at radius 2 is 1.72 bits per heavy atom. The molecule has 0 unspecified atom stereocenters. The second kappa shape index (κ2) is 8.33. The average Bonchev–Trinajstić information content (AvgIpc) is 3.16. The first-order valence-electron chi connectivity index (χ1n) is 8.53. The predicted molar refractivity (Wildman–Crippen MR) is 95.0 cm³/mol. The molecule has 1 N–H and O–H groups in total. The number of likely N-dealkylation sites (tertiary alicyclic amines) is 1. The van der Waals surface area contributed by atoms with Crippen molar-refractivity contribution in [2.75, 3.05) is 13.2 Å². The predicted octanol–water partition coefficient (Wildman–Crippen LogP) is 2.37. The molecule has 1 fully saturated rings. The number of amides is 2. The van der Waals surface area contributed by atoms with Gasteiger partial charge in [0.2, 0.25) is 5.91 Å². The number of nitrogens with one attached hydrogen (secondary N) is 1. The molecule has 0 bridgehead atoms. The maximum absolute atomic E-state index is 12.5. The van der Waals surface area contributed by atoms with Crippen LogP contribution < -0.4 is 10.1 Å². The zero-order chi connectivity index (χ0) is 17.5. The molecular weight excluding hydrogens is 316 g/mol. The van der Waals surface area contributed by atoms with Gasteiger partial charge < -0.3 is 15.0 Å². The minimum Gasteiger partial charge on any atom is -0.484 e. The van der Waals surface area contributed by atoms with Gasteiger partial charge in [-0.25, -0.2) is 0 Å². The van der Waals surface area contributed by atoms with Crippen LogP contribution in [-0.4, -0.2) is 35.9 Å². The normalized spacial score (nSPS) is 16.5. The van der Waals surface area contributed by atoms with Crippen LogP contribution in [0.4, 0.5) is 0 Å². The molecule has 1 saturated heterocycles. The molecule has 0 spiro atoms. The van der Waals surface area contributed by atoms with Gasteiger partial charge >= 0.3 is 0 Å². The van der Waals surface area contributed by atoms with Gasteiger partial charge in [0.25, 0.3) is 5.91 Å². The first kappa shape index (κ1) is 17.0. The fourth-order valence-electron chi connectivity index (χ4n) is 2.99. The van der Waals surface area contributed by atoms with Crippen LogP contribution in [0.15, 0.2) is 60.7 Å². The second-order valence-corrected chi connectivity index (χ2v) is 6.05. The lowest BCUT2D eigenvalue weighted by Crippen LogP contribution is -2.47. The van der Waals surface area contributed by atoms with Gasteiger partial charge in [-0.15, -0.1) is 0 Å². The van der Waals surface area contributed by atoms with Crippen LogP contribution in [0.25, 0.3) is 0 Å². The van der Waals surface area contributed by atoms with E-state index in [2.05, 4.69) is 5.32 Å². The summed E-state index contributed by atoms with van der Waals surface area (Å²) in [6.07, 6.45) is 1.53. The monoisotopic (exact) mass is 338 g/mol. The number of hydrogen-bond donors (Lipinski definition) is 1. The van der Waals surface area contributed by atoms with E-state index in [1.54, 1.807) is 17.0 Å². The summed E-state index contributed by atoms with van der Waals surface area (Å²) in [4.78, 5) is 26.5. The number of carbonyl (C=O) groups excluding carboxylic acids is 2. The molecule has 2 aromatic rings. The lowest BCUT2D eigenvalue weighted by atomic mass is 10.2. The van der Waals surface area contributed by atoms with Crippen molar-refractivity contribution in [3.8, 4) is 5.75 Å². The SMILES string of the molecule is O=C(NCc1ccccc1)[C@@H]1CCCN1C(=O)COc1ccccc1. The van der Waals surface area contributed by atoms with E-state index < -0.39 is 6.04 Å². The highest BCUT2D eigenvalue weighted by Gasteiger charge is 2.33. The van der Waals surface area contributed by atoms with Gasteiger partial charge in [-0.2, -0.15) is 0 Å². The van der Waals surface area contributed by atoms with Gasteiger partial charge in [-0.3, -0.25) is 9.59 Å². The average molecular weight is 338 g/mol. The van der Waals surface area contributed by atoms with Crippen LogP contribution >= 0.6 is 0 Å². The molecule has 2 amide bonds. The second-order valence-electron chi connectivity index (χ2n) is 6.05. The Labute approximate surface area is 147 Å². The molecule has 0 saturated carbocycles. The van der Waals surface area contributed by atoms with E-state index >= 15 is 0 Å². The van der Waals surface area contributed by atoms with Gasteiger partial charge in [-0.05, 0) is 30.5 Å². The van der Waals surface area contributed by atoms with Crippen molar-refractivity contribution in [3.63, 3.8) is 0 Å². The van der Waals surface area contributed by atoms with E-state index in [4.69, 9.17) is 4.74 Å². The molecule has 0 radical (unpaired) electrons. The van der Waals surface area contributed by atoms with Crippen LogP contribution in [0.3, 0.4) is 0 Å². The summed E-state index contributed by atoms with van der Waals surface area (Å²) in [7, 11) is 0. The standard InChI is InChI=1S/C20H22N2O3/c23-19(15-25-17-10-5-2-6-11-17)22-13-7-12-18(22)20(24)21-14-16-8-3-1-4-9-16/h1-6,8-11,18H,7,12-15H2,(H,21,24)/t18-/m0/s1. The Kier molecular flexibility index (Phi) is 5.67. The lowest BCUT2D eigenvalue weighted by Gasteiger charge is -2.24. The van der Waals surface area contributed by atoms with Crippen molar-refractivity contribution in [1.29, 1.82) is 0 Å². The number of carbonyl (C=O) groups is 2. The van der Waals surface area contributed by atoms with Crippen molar-refractivity contribution in [3.05, 3.63) is 66.2 Å². The summed E-state index contributed by atoms with van der Waals surface area (Å²) in [6, 6.07) is 18.6. The van der Waals surface area contributed by atoms with Gasteiger partial charge in [0.1, 0.15) is 11.8 Å². The quantitative estimate of drug-likeness (QED) is 0.880. The van der Waals surface area contributed by atoms with Crippen LogP contribution in [0, 0.1) is 0 Å². The van der Waals surface area contributed by atoms with Gasteiger partial charge in [0.15, 0.2) is 6.61 Å². The molecule has 1 atom stereocenters. The largest absolute Gasteiger partial charge is 0.484 e. The van der Waals surface area contributed by atoms with Crippen molar-refractivity contribution < 1.29 is 14.3 Å². The molecule has 5 heteroatoms. The Hall–Kier alpha value is -2.82. The number of ether oxygens (including phenoxy) is 1. The fraction of sp³-hybridized carbons (Fsp3) is 0.300. The Bertz CT molecular complexity index is 642. The lowest BCUT2D eigenvalue weighted by molar-refractivity contribution is -0.140. The summed E-state index contributed by atoms with van der Waals surface area (Å²) in [5, 5.41) is 2.93. The van der Waals surface area contributed by atoms with Crippen LogP contribution in [0.2, 0.25) is 0 Å². The maximum atomic E-state index is 12.5. The highest BCUT2D eigenvalue weighted by molar-refractivity contribution is 5.88. The van der Waals surface area contributed by atoms with Crippen molar-refractivity contribution in [1.82, 2.24) is 10.2 Å². The number of nitrogens with zero attached hydrogens (tertiary/aromatic N) is 1. The smallest absolute Gasteiger partial charge is 0.261 e. The molecular formula is C20H22N2O3. The van der Waals surface area contributed by atoms with E-state index in [-0.39, 0.29) is 18.4 Å². The van der Waals surface area contributed by atoms with Crippen LogP contribution in [0.5, 0.6) is 5.75 Å². The first-order valence-corrected chi connectivity index (χ1v) is 8.53. The first-order chi connectivity index (χ1) is 12.2. The Morgan fingerprint density at radius 3 is 2.44 bits per heavy atom. The topological polar surface area (TPSA) is 58.6 Å². The summed E-state index contributed by atoms with van der Waals surface area (Å²) >= 11 is 0. The van der Waals surface area contributed by atoms with E-state index in [1.807, 2.05) is 48.5 Å². The minimum atomic E-state index is -0.407. The van der Waals surface area contributed by atoms with E-state index in [1.165, 1.54) is 0 Å². The highest BCUT2D eigenvalue weighted by Crippen LogP contribution is 2.18. The van der Waals surface area contributed by atoms with Crippen molar-refractivity contribution in [2.45, 2.75) is 25.4 Å². The Morgan fingerprint density at radius 1 is 1.04 bits per heavy atom. The number of para-hydroxylation sites is 1. The molecule has 1 aliphatic rings. The molecule has 3 rings (SSSR count). The van der Waals surface area contributed by atoms with Crippen LogP contribution in [-0.2, 0) is 16.1 Å². The van der Waals surface area contributed by atoms with Crippen molar-refractivity contribution >= 4 is 11.8 Å². The van der Waals surface area contributed by atoms with Gasteiger partial charge in [0, 0.05) is 13.1 Å². The van der Waals surface area contributed by atoms with E-state index in [0.717, 1.165) is 12.0 Å². The molecule has 130 valence electrons. The summed E-state index contributed by atoms with van der Waals surface area (Å²) < 4.78 is 5.51. The molecule has 5 nitrogen and oxygen atoms in total. The van der Waals surface area contributed by atoms with Gasteiger partial charge in [-0.1, -0.05) is 48.5 Å². The Balaban J connectivity index is 1.52. The zero-order valence-electron chi connectivity index (χ0n) is 14.1. The van der Waals surface area contributed by atoms with E-state index in [0.29, 0.717) is 25.3 Å². The van der Waals surface area contributed by atoms with Gasteiger partial charge in [0.05, 0.1) is 0 Å². The summed E-state index contributed by atoms with van der Waals surface area (Å²) in [5.74, 6) is 0.399. The van der Waals surface area contributed by atoms with Crippen molar-refractivity contribution in [2.24, 2.45) is 0 Å². The summed E-state index contributed by atoms with van der Waals surface area (Å²) in [6.45, 7) is 1.02. The molecule has 0 aromatic heterocycles. The molecule has 1 aliphatic heterocycles. The third-order valence-corrected chi connectivity index (χ3v) is 4.29. The highest BCUT2D eigenvalue weighted by atomic mass is 16.5.